The van der Waals surface area contributed by atoms with Gasteiger partial charge in [0.2, 0.25) is 0 Å². The number of rotatable bonds is 3. The molecule has 1 aromatic heterocycles. The van der Waals surface area contributed by atoms with Gasteiger partial charge in [-0.3, -0.25) is 4.68 Å². The van der Waals surface area contributed by atoms with Crippen molar-refractivity contribution in [2.75, 3.05) is 7.05 Å². The fourth-order valence-corrected chi connectivity index (χ4v) is 2.70. The molecule has 17 heavy (non-hydrogen) atoms. The molecule has 0 radical (unpaired) electrons. The third kappa shape index (κ3) is 2.71. The molecule has 0 aliphatic heterocycles. The van der Waals surface area contributed by atoms with Gasteiger partial charge in [-0.2, -0.15) is 5.10 Å². The minimum atomic E-state index is 0.392. The summed E-state index contributed by atoms with van der Waals surface area (Å²) in [6.45, 7) is 6.92. The molecular formula is C14H25N3. The summed E-state index contributed by atoms with van der Waals surface area (Å²) in [7, 11) is 1.99. The zero-order valence-corrected chi connectivity index (χ0v) is 11.5. The molecule has 1 N–H and O–H groups in total. The van der Waals surface area contributed by atoms with Gasteiger partial charge in [0.1, 0.15) is 0 Å². The van der Waals surface area contributed by atoms with Crippen molar-refractivity contribution in [1.82, 2.24) is 15.1 Å². The Morgan fingerprint density at radius 3 is 2.76 bits per heavy atom. The summed E-state index contributed by atoms with van der Waals surface area (Å²) in [4.78, 5) is 0. The van der Waals surface area contributed by atoms with Crippen molar-refractivity contribution in [3.63, 3.8) is 0 Å². The quantitative estimate of drug-likeness (QED) is 0.872. The average molecular weight is 235 g/mol. The monoisotopic (exact) mass is 235 g/mol. The molecule has 2 rings (SSSR count). The molecule has 96 valence electrons. The van der Waals surface area contributed by atoms with Gasteiger partial charge in [0.15, 0.2) is 0 Å². The summed E-state index contributed by atoms with van der Waals surface area (Å²) in [5.74, 6) is 1.70. The summed E-state index contributed by atoms with van der Waals surface area (Å²) in [6.07, 6.45) is 8.11. The maximum absolute atomic E-state index is 4.55. The summed E-state index contributed by atoms with van der Waals surface area (Å²) >= 11 is 0. The van der Waals surface area contributed by atoms with E-state index in [1.54, 1.807) is 0 Å². The van der Waals surface area contributed by atoms with E-state index in [2.05, 4.69) is 42.1 Å². The number of nitrogens with zero attached hydrogens (tertiary/aromatic N) is 2. The normalized spacial score (nSPS) is 31.4. The Kier molecular flexibility index (Phi) is 3.87. The highest BCUT2D eigenvalue weighted by atomic mass is 15.3. The van der Waals surface area contributed by atoms with Gasteiger partial charge in [0.05, 0.1) is 12.2 Å². The van der Waals surface area contributed by atoms with Crippen LogP contribution in [0.1, 0.15) is 57.7 Å². The fourth-order valence-electron chi connectivity index (χ4n) is 2.70. The molecule has 1 saturated carbocycles. The average Bonchev–Trinajstić information content (AvgIpc) is 2.81. The minimum Gasteiger partial charge on any atom is -0.313 e. The maximum atomic E-state index is 4.55. The Bertz CT molecular complexity index is 358. The van der Waals surface area contributed by atoms with Gasteiger partial charge in [-0.25, -0.2) is 0 Å². The summed E-state index contributed by atoms with van der Waals surface area (Å²) in [5, 5.41) is 7.81. The van der Waals surface area contributed by atoms with Crippen LogP contribution in [0.4, 0.5) is 0 Å². The second kappa shape index (κ2) is 5.21. The first-order valence-electron chi connectivity index (χ1n) is 6.83. The van der Waals surface area contributed by atoms with Crippen LogP contribution in [-0.2, 0) is 0 Å². The van der Waals surface area contributed by atoms with Crippen LogP contribution in [-0.4, -0.2) is 16.8 Å². The van der Waals surface area contributed by atoms with Crippen LogP contribution in [0.5, 0.6) is 0 Å². The molecule has 1 aliphatic carbocycles. The molecule has 0 spiro atoms. The highest BCUT2D eigenvalue weighted by Gasteiger charge is 2.26. The van der Waals surface area contributed by atoms with Gasteiger partial charge in [-0.1, -0.05) is 13.8 Å². The lowest BCUT2D eigenvalue weighted by Crippen LogP contribution is -2.23. The van der Waals surface area contributed by atoms with E-state index in [4.69, 9.17) is 0 Å². The Morgan fingerprint density at radius 1 is 1.35 bits per heavy atom. The van der Waals surface area contributed by atoms with Gasteiger partial charge in [0, 0.05) is 17.8 Å². The first kappa shape index (κ1) is 12.6. The predicted octanol–water partition coefficient (Wildman–Crippen LogP) is 3.16. The third-order valence-electron chi connectivity index (χ3n) is 4.50. The van der Waals surface area contributed by atoms with Gasteiger partial charge in [0.25, 0.3) is 0 Å². The minimum absolute atomic E-state index is 0.392. The Labute approximate surface area is 105 Å². The van der Waals surface area contributed by atoms with Crippen molar-refractivity contribution in [3.8, 4) is 0 Å². The van der Waals surface area contributed by atoms with E-state index in [0.29, 0.717) is 12.1 Å². The molecule has 0 bridgehead atoms. The zero-order valence-electron chi connectivity index (χ0n) is 11.5. The second-order valence-corrected chi connectivity index (χ2v) is 5.69. The van der Waals surface area contributed by atoms with E-state index in [1.807, 2.05) is 13.2 Å². The van der Waals surface area contributed by atoms with E-state index in [9.17, 15) is 0 Å². The van der Waals surface area contributed by atoms with Crippen molar-refractivity contribution in [2.45, 2.75) is 52.1 Å². The largest absolute Gasteiger partial charge is 0.313 e. The molecule has 1 fully saturated rings. The Morgan fingerprint density at radius 2 is 2.12 bits per heavy atom. The van der Waals surface area contributed by atoms with E-state index in [1.165, 1.54) is 24.8 Å². The molecule has 3 nitrogen and oxygen atoms in total. The fraction of sp³-hybridized carbons (Fsp3) is 0.786. The third-order valence-corrected chi connectivity index (χ3v) is 4.50. The van der Waals surface area contributed by atoms with Crippen molar-refractivity contribution >= 4 is 0 Å². The SMILES string of the molecule is CNC(C)c1cnn(C2CCC(C)C(C)C2)c1. The molecule has 0 aromatic carbocycles. The Balaban J connectivity index is 2.05. The van der Waals surface area contributed by atoms with Gasteiger partial charge in [-0.05, 0) is 45.1 Å². The molecule has 0 saturated heterocycles. The van der Waals surface area contributed by atoms with Crippen LogP contribution in [0, 0.1) is 11.8 Å². The molecule has 1 heterocycles. The molecule has 1 aromatic rings. The number of hydrogen-bond acceptors (Lipinski definition) is 2. The van der Waals surface area contributed by atoms with Crippen LogP contribution in [0.15, 0.2) is 12.4 Å². The molecular weight excluding hydrogens is 210 g/mol. The van der Waals surface area contributed by atoms with Crippen molar-refractivity contribution in [2.24, 2.45) is 11.8 Å². The molecule has 3 heteroatoms. The van der Waals surface area contributed by atoms with Crippen LogP contribution >= 0.6 is 0 Å². The van der Waals surface area contributed by atoms with Crippen LogP contribution in [0.25, 0.3) is 0 Å². The van der Waals surface area contributed by atoms with Crippen molar-refractivity contribution in [1.29, 1.82) is 0 Å². The summed E-state index contributed by atoms with van der Waals surface area (Å²) in [6, 6.07) is 1.00. The first-order chi connectivity index (χ1) is 8.11. The highest BCUT2D eigenvalue weighted by molar-refractivity contribution is 5.09. The zero-order chi connectivity index (χ0) is 12.4. The van der Waals surface area contributed by atoms with Crippen molar-refractivity contribution in [3.05, 3.63) is 18.0 Å². The van der Waals surface area contributed by atoms with E-state index in [0.717, 1.165) is 11.8 Å². The van der Waals surface area contributed by atoms with Crippen LogP contribution in [0.3, 0.4) is 0 Å². The number of aromatic nitrogens is 2. The van der Waals surface area contributed by atoms with Crippen LogP contribution in [0.2, 0.25) is 0 Å². The summed E-state index contributed by atoms with van der Waals surface area (Å²) in [5.41, 5.74) is 1.29. The first-order valence-corrected chi connectivity index (χ1v) is 6.83. The van der Waals surface area contributed by atoms with Gasteiger partial charge >= 0.3 is 0 Å². The lowest BCUT2D eigenvalue weighted by molar-refractivity contribution is 0.201. The smallest absolute Gasteiger partial charge is 0.0537 e. The topological polar surface area (TPSA) is 29.9 Å². The standard InChI is InChI=1S/C14H25N3/c1-10-5-6-14(7-11(10)2)17-9-13(8-16-17)12(3)15-4/h8-12,14-15H,5-7H2,1-4H3. The summed E-state index contributed by atoms with van der Waals surface area (Å²) < 4.78 is 2.19. The lowest BCUT2D eigenvalue weighted by Gasteiger charge is -2.32. The Hall–Kier alpha value is -0.830. The second-order valence-electron chi connectivity index (χ2n) is 5.69. The lowest BCUT2D eigenvalue weighted by atomic mass is 9.79. The van der Waals surface area contributed by atoms with Gasteiger partial charge < -0.3 is 5.32 Å². The number of nitrogens with one attached hydrogen (secondary N) is 1. The predicted molar refractivity (Wildman–Crippen MR) is 70.9 cm³/mol. The molecule has 0 amide bonds. The molecule has 4 atom stereocenters. The molecule has 1 aliphatic rings. The van der Waals surface area contributed by atoms with Crippen molar-refractivity contribution < 1.29 is 0 Å². The number of hydrogen-bond donors (Lipinski definition) is 1. The molecule has 4 unspecified atom stereocenters. The van der Waals surface area contributed by atoms with E-state index < -0.39 is 0 Å². The maximum Gasteiger partial charge on any atom is 0.0537 e. The van der Waals surface area contributed by atoms with E-state index in [-0.39, 0.29) is 0 Å². The van der Waals surface area contributed by atoms with Gasteiger partial charge in [-0.15, -0.1) is 0 Å². The van der Waals surface area contributed by atoms with E-state index >= 15 is 0 Å². The van der Waals surface area contributed by atoms with Crippen LogP contribution < -0.4 is 5.32 Å². The highest BCUT2D eigenvalue weighted by Crippen LogP contribution is 2.35.